The minimum absolute atomic E-state index is 0.122. The Balaban J connectivity index is 1.42. The van der Waals surface area contributed by atoms with Gasteiger partial charge in [0.05, 0.1) is 11.4 Å². The smallest absolute Gasteiger partial charge is 0.130 e. The van der Waals surface area contributed by atoms with Crippen LogP contribution in [-0.2, 0) is 25.9 Å². The highest BCUT2D eigenvalue weighted by atomic mass is 16.5. The number of amidine groups is 1. The summed E-state index contributed by atoms with van der Waals surface area (Å²) < 4.78 is 6.07. The van der Waals surface area contributed by atoms with E-state index in [4.69, 9.17) is 15.9 Å². The van der Waals surface area contributed by atoms with Crippen LogP contribution >= 0.6 is 0 Å². The van der Waals surface area contributed by atoms with E-state index in [1.807, 2.05) is 30.3 Å². The minimum atomic E-state index is 0.122. The van der Waals surface area contributed by atoms with Crippen LogP contribution in [-0.4, -0.2) is 10.8 Å². The summed E-state index contributed by atoms with van der Waals surface area (Å²) >= 11 is 0. The zero-order valence-electron chi connectivity index (χ0n) is 18.3. The van der Waals surface area contributed by atoms with Crippen LogP contribution in [0.15, 0.2) is 67.8 Å². The number of nitrogen functional groups attached to an aromatic ring is 1. The molecule has 0 saturated carbocycles. The Bertz CT molecular complexity index is 1170. The topological polar surface area (TPSA) is 72.0 Å². The van der Waals surface area contributed by atoms with Crippen molar-refractivity contribution in [2.75, 3.05) is 0 Å². The minimum Gasteiger partial charge on any atom is -0.487 e. The SMILES string of the molecule is C=Cc1ccc(COc2ccc3c(c2)CC(Cc2cccc(C(=N)N)c2)CC3)nc1C=C. The van der Waals surface area contributed by atoms with Crippen LogP contribution in [0.5, 0.6) is 5.75 Å². The number of nitrogens with two attached hydrogens (primary N) is 1. The van der Waals surface area contributed by atoms with Gasteiger partial charge in [-0.25, -0.2) is 4.98 Å². The Labute approximate surface area is 190 Å². The number of aromatic nitrogens is 1. The summed E-state index contributed by atoms with van der Waals surface area (Å²) in [5.74, 6) is 1.57. The van der Waals surface area contributed by atoms with Crippen molar-refractivity contribution in [3.63, 3.8) is 0 Å². The zero-order valence-corrected chi connectivity index (χ0v) is 18.3. The molecule has 0 fully saturated rings. The van der Waals surface area contributed by atoms with E-state index in [1.165, 1.54) is 23.1 Å². The molecular formula is C28H29N3O. The van der Waals surface area contributed by atoms with Crippen molar-refractivity contribution >= 4 is 18.0 Å². The van der Waals surface area contributed by atoms with E-state index in [-0.39, 0.29) is 5.84 Å². The van der Waals surface area contributed by atoms with Crippen molar-refractivity contribution in [2.45, 2.75) is 32.3 Å². The van der Waals surface area contributed by atoms with Gasteiger partial charge in [-0.1, -0.05) is 49.6 Å². The van der Waals surface area contributed by atoms with Crippen molar-refractivity contribution < 1.29 is 4.74 Å². The molecule has 3 N–H and O–H groups in total. The third-order valence-corrected chi connectivity index (χ3v) is 6.09. The second-order valence-electron chi connectivity index (χ2n) is 8.33. The van der Waals surface area contributed by atoms with E-state index in [0.717, 1.165) is 47.5 Å². The molecule has 1 aromatic heterocycles. The normalized spacial score (nSPS) is 14.9. The molecule has 1 aliphatic carbocycles. The second-order valence-corrected chi connectivity index (χ2v) is 8.33. The van der Waals surface area contributed by atoms with Gasteiger partial charge in [-0.3, -0.25) is 5.41 Å². The van der Waals surface area contributed by atoms with Gasteiger partial charge in [0, 0.05) is 5.56 Å². The summed E-state index contributed by atoms with van der Waals surface area (Å²) in [6.45, 7) is 8.06. The fourth-order valence-corrected chi connectivity index (χ4v) is 4.37. The lowest BCUT2D eigenvalue weighted by molar-refractivity contribution is 0.300. The number of pyridine rings is 1. The van der Waals surface area contributed by atoms with Crippen LogP contribution in [0.4, 0.5) is 0 Å². The molecule has 0 radical (unpaired) electrons. The van der Waals surface area contributed by atoms with Crippen LogP contribution in [0.25, 0.3) is 12.2 Å². The van der Waals surface area contributed by atoms with Gasteiger partial charge in [0.1, 0.15) is 18.2 Å². The first-order valence-electron chi connectivity index (χ1n) is 11.0. The molecule has 32 heavy (non-hydrogen) atoms. The lowest BCUT2D eigenvalue weighted by Crippen LogP contribution is -2.17. The quantitative estimate of drug-likeness (QED) is 0.367. The van der Waals surface area contributed by atoms with Crippen LogP contribution in [0, 0.1) is 11.3 Å². The monoisotopic (exact) mass is 423 g/mol. The number of hydrogen-bond donors (Lipinski definition) is 2. The van der Waals surface area contributed by atoms with E-state index in [9.17, 15) is 0 Å². The predicted molar refractivity (Wildman–Crippen MR) is 132 cm³/mol. The van der Waals surface area contributed by atoms with Crippen molar-refractivity contribution in [1.82, 2.24) is 4.98 Å². The fourth-order valence-electron chi connectivity index (χ4n) is 4.37. The van der Waals surface area contributed by atoms with E-state index < -0.39 is 0 Å². The summed E-state index contributed by atoms with van der Waals surface area (Å²) in [5.41, 5.74) is 13.1. The molecule has 4 rings (SSSR count). The second kappa shape index (κ2) is 9.65. The highest BCUT2D eigenvalue weighted by Crippen LogP contribution is 2.31. The molecule has 162 valence electrons. The summed E-state index contributed by atoms with van der Waals surface area (Å²) in [5, 5.41) is 7.67. The fraction of sp³-hybridized carbons (Fsp3) is 0.214. The number of fused-ring (bicyclic) bond motifs is 1. The van der Waals surface area contributed by atoms with Gasteiger partial charge in [0.25, 0.3) is 0 Å². The highest BCUT2D eigenvalue weighted by Gasteiger charge is 2.20. The van der Waals surface area contributed by atoms with Crippen LogP contribution in [0.3, 0.4) is 0 Å². The van der Waals surface area contributed by atoms with Crippen molar-refractivity contribution in [3.05, 3.63) is 107 Å². The Morgan fingerprint density at radius 1 is 1.09 bits per heavy atom. The van der Waals surface area contributed by atoms with E-state index in [2.05, 4.69) is 42.4 Å². The number of ether oxygens (including phenoxy) is 1. The Morgan fingerprint density at radius 2 is 1.97 bits per heavy atom. The lowest BCUT2D eigenvalue weighted by atomic mass is 9.80. The maximum absolute atomic E-state index is 7.67. The van der Waals surface area contributed by atoms with E-state index in [1.54, 1.807) is 12.2 Å². The molecular weight excluding hydrogens is 394 g/mol. The summed E-state index contributed by atoms with van der Waals surface area (Å²) in [6, 6.07) is 18.4. The molecule has 4 heteroatoms. The molecule has 2 aromatic carbocycles. The maximum Gasteiger partial charge on any atom is 0.130 e. The number of rotatable bonds is 8. The number of benzene rings is 2. The molecule has 1 atom stereocenters. The lowest BCUT2D eigenvalue weighted by Gasteiger charge is -2.25. The number of hydrogen-bond acceptors (Lipinski definition) is 3. The molecule has 0 saturated heterocycles. The van der Waals surface area contributed by atoms with Gasteiger partial charge in [-0.15, -0.1) is 0 Å². The third kappa shape index (κ3) is 4.97. The Hall–Kier alpha value is -3.66. The average molecular weight is 424 g/mol. The van der Waals surface area contributed by atoms with Crippen molar-refractivity contribution in [1.29, 1.82) is 5.41 Å². The molecule has 4 nitrogen and oxygen atoms in total. The average Bonchev–Trinajstić information content (AvgIpc) is 2.82. The van der Waals surface area contributed by atoms with Gasteiger partial charge in [-0.05, 0) is 84.2 Å². The maximum atomic E-state index is 7.67. The predicted octanol–water partition coefficient (Wildman–Crippen LogP) is 5.58. The molecule has 1 aliphatic rings. The Morgan fingerprint density at radius 3 is 2.75 bits per heavy atom. The molecule has 1 heterocycles. The molecule has 0 spiro atoms. The molecule has 3 aromatic rings. The van der Waals surface area contributed by atoms with Gasteiger partial charge in [0.2, 0.25) is 0 Å². The first kappa shape index (κ1) is 21.6. The highest BCUT2D eigenvalue weighted by molar-refractivity contribution is 5.95. The van der Waals surface area contributed by atoms with Crippen LogP contribution in [0.2, 0.25) is 0 Å². The Kier molecular flexibility index (Phi) is 6.50. The van der Waals surface area contributed by atoms with E-state index in [0.29, 0.717) is 12.5 Å². The van der Waals surface area contributed by atoms with Gasteiger partial charge in [-0.2, -0.15) is 0 Å². The van der Waals surface area contributed by atoms with Crippen LogP contribution in [0.1, 0.15) is 45.6 Å². The first-order chi connectivity index (χ1) is 15.6. The molecule has 0 amide bonds. The largest absolute Gasteiger partial charge is 0.487 e. The van der Waals surface area contributed by atoms with Crippen LogP contribution < -0.4 is 10.5 Å². The standard InChI is InChI=1S/C28H29N3O/c1-3-21-10-12-25(31-27(21)4-2)18-32-26-13-11-22-9-8-20(16-24(22)17-26)14-19-6-5-7-23(15-19)28(29)30/h3-7,10-13,15,17,20H,1-2,8-9,14,16,18H2,(H3,29,30). The summed E-state index contributed by atoms with van der Waals surface area (Å²) in [7, 11) is 0. The number of aryl methyl sites for hydroxylation is 1. The summed E-state index contributed by atoms with van der Waals surface area (Å²) in [6.07, 6.45) is 7.80. The zero-order chi connectivity index (χ0) is 22.5. The molecule has 0 bridgehead atoms. The number of nitrogens with zero attached hydrogens (tertiary/aromatic N) is 1. The van der Waals surface area contributed by atoms with Gasteiger partial charge < -0.3 is 10.5 Å². The third-order valence-electron chi connectivity index (χ3n) is 6.09. The van der Waals surface area contributed by atoms with E-state index >= 15 is 0 Å². The van der Waals surface area contributed by atoms with Crippen molar-refractivity contribution in [2.24, 2.45) is 11.7 Å². The molecule has 1 unspecified atom stereocenters. The molecule has 0 aliphatic heterocycles. The van der Waals surface area contributed by atoms with Gasteiger partial charge in [0.15, 0.2) is 0 Å². The van der Waals surface area contributed by atoms with Gasteiger partial charge >= 0.3 is 0 Å². The first-order valence-corrected chi connectivity index (χ1v) is 11.0. The summed E-state index contributed by atoms with van der Waals surface area (Å²) in [4.78, 5) is 4.60. The number of nitrogens with one attached hydrogen (secondary N) is 1. The van der Waals surface area contributed by atoms with Crippen molar-refractivity contribution in [3.8, 4) is 5.75 Å².